The molecule has 2 atom stereocenters. The van der Waals surface area contributed by atoms with E-state index in [4.69, 9.17) is 14.2 Å². The highest BCUT2D eigenvalue weighted by molar-refractivity contribution is 5.43. The molecule has 0 spiro atoms. The summed E-state index contributed by atoms with van der Waals surface area (Å²) in [6, 6.07) is 6.19. The Morgan fingerprint density at radius 2 is 1.72 bits per heavy atom. The minimum atomic E-state index is 0.201. The van der Waals surface area contributed by atoms with Gasteiger partial charge in [-0.15, -0.1) is 0 Å². The molecular weight excluding hydrogens is 230 g/mol. The first-order valence-electron chi connectivity index (χ1n) is 6.10. The van der Waals surface area contributed by atoms with Gasteiger partial charge in [-0.25, -0.2) is 0 Å². The fourth-order valence-corrected chi connectivity index (χ4v) is 1.67. The third kappa shape index (κ3) is 3.89. The second-order valence-corrected chi connectivity index (χ2v) is 4.29. The molecule has 0 fully saturated rings. The van der Waals surface area contributed by atoms with Gasteiger partial charge in [0.05, 0.1) is 20.3 Å². The van der Waals surface area contributed by atoms with Crippen molar-refractivity contribution in [2.75, 3.05) is 27.9 Å². The van der Waals surface area contributed by atoms with Gasteiger partial charge in [0.1, 0.15) is 0 Å². The Labute approximate surface area is 109 Å². The number of benzene rings is 1. The molecule has 1 N–H and O–H groups in total. The molecule has 1 aromatic carbocycles. The van der Waals surface area contributed by atoms with Gasteiger partial charge in [0.15, 0.2) is 11.5 Å². The minimum absolute atomic E-state index is 0.201. The molecule has 1 rings (SSSR count). The number of hydrogen-bond donors (Lipinski definition) is 1. The van der Waals surface area contributed by atoms with Crippen molar-refractivity contribution < 1.29 is 14.2 Å². The van der Waals surface area contributed by atoms with Gasteiger partial charge in [-0.2, -0.15) is 0 Å². The first-order valence-corrected chi connectivity index (χ1v) is 6.10. The average Bonchev–Trinajstić information content (AvgIpc) is 2.43. The summed E-state index contributed by atoms with van der Waals surface area (Å²) in [4.78, 5) is 0. The van der Waals surface area contributed by atoms with E-state index in [2.05, 4.69) is 12.2 Å². The summed E-state index contributed by atoms with van der Waals surface area (Å²) >= 11 is 0. The number of ether oxygens (including phenoxy) is 3. The second kappa shape index (κ2) is 7.24. The molecule has 1 aromatic rings. The molecule has 4 heteroatoms. The fraction of sp³-hybridized carbons (Fsp3) is 0.571. The van der Waals surface area contributed by atoms with E-state index in [9.17, 15) is 0 Å². The molecule has 2 unspecified atom stereocenters. The predicted molar refractivity (Wildman–Crippen MR) is 72.4 cm³/mol. The molecule has 102 valence electrons. The molecule has 4 nitrogen and oxygen atoms in total. The minimum Gasteiger partial charge on any atom is -0.493 e. The molecule has 0 bridgehead atoms. The zero-order valence-corrected chi connectivity index (χ0v) is 11.8. The molecule has 0 saturated carbocycles. The van der Waals surface area contributed by atoms with Crippen LogP contribution in [-0.4, -0.2) is 34.0 Å². The summed E-state index contributed by atoms with van der Waals surface area (Å²) in [6.45, 7) is 4.96. The number of hydrogen-bond acceptors (Lipinski definition) is 4. The standard InChI is InChI=1S/C14H23NO3/c1-10(16-3)9-15-11(2)12-6-7-13(17-4)14(8-12)18-5/h6-8,10-11,15H,9H2,1-5H3. The van der Waals surface area contributed by atoms with E-state index in [1.165, 1.54) is 0 Å². The smallest absolute Gasteiger partial charge is 0.161 e. The third-order valence-electron chi connectivity index (χ3n) is 3.02. The summed E-state index contributed by atoms with van der Waals surface area (Å²) in [7, 11) is 5.00. The quantitative estimate of drug-likeness (QED) is 0.810. The van der Waals surface area contributed by atoms with E-state index in [1.807, 2.05) is 25.1 Å². The van der Waals surface area contributed by atoms with Gasteiger partial charge in [-0.05, 0) is 31.5 Å². The van der Waals surface area contributed by atoms with Crippen molar-refractivity contribution >= 4 is 0 Å². The van der Waals surface area contributed by atoms with Crippen LogP contribution in [0.5, 0.6) is 11.5 Å². The molecule has 0 aliphatic carbocycles. The van der Waals surface area contributed by atoms with Gasteiger partial charge in [0, 0.05) is 19.7 Å². The maximum atomic E-state index is 5.30. The maximum Gasteiger partial charge on any atom is 0.161 e. The number of nitrogens with one attached hydrogen (secondary N) is 1. The van der Waals surface area contributed by atoms with Crippen molar-refractivity contribution in [2.45, 2.75) is 26.0 Å². The highest BCUT2D eigenvalue weighted by Gasteiger charge is 2.10. The van der Waals surface area contributed by atoms with Crippen LogP contribution in [-0.2, 0) is 4.74 Å². The van der Waals surface area contributed by atoms with Crippen LogP contribution in [0.4, 0.5) is 0 Å². The molecule has 0 amide bonds. The summed E-state index contributed by atoms with van der Waals surface area (Å²) in [5, 5.41) is 3.42. The molecular formula is C14H23NO3. The largest absolute Gasteiger partial charge is 0.493 e. The molecule has 0 radical (unpaired) electrons. The Kier molecular flexibility index (Phi) is 5.95. The van der Waals surface area contributed by atoms with Crippen molar-refractivity contribution in [1.82, 2.24) is 5.32 Å². The van der Waals surface area contributed by atoms with E-state index < -0.39 is 0 Å². The lowest BCUT2D eigenvalue weighted by atomic mass is 10.1. The number of rotatable bonds is 7. The summed E-state index contributed by atoms with van der Waals surface area (Å²) < 4.78 is 15.7. The van der Waals surface area contributed by atoms with Crippen molar-refractivity contribution in [3.63, 3.8) is 0 Å². The van der Waals surface area contributed by atoms with Crippen LogP contribution in [0.1, 0.15) is 25.5 Å². The van der Waals surface area contributed by atoms with E-state index in [0.717, 1.165) is 23.6 Å². The van der Waals surface area contributed by atoms with Crippen molar-refractivity contribution in [2.24, 2.45) is 0 Å². The maximum absolute atomic E-state index is 5.30. The highest BCUT2D eigenvalue weighted by Crippen LogP contribution is 2.29. The van der Waals surface area contributed by atoms with Crippen molar-refractivity contribution in [3.05, 3.63) is 23.8 Å². The van der Waals surface area contributed by atoms with E-state index >= 15 is 0 Å². The fourth-order valence-electron chi connectivity index (χ4n) is 1.67. The van der Waals surface area contributed by atoms with Gasteiger partial charge in [0.2, 0.25) is 0 Å². The van der Waals surface area contributed by atoms with Crippen molar-refractivity contribution in [1.29, 1.82) is 0 Å². The topological polar surface area (TPSA) is 39.7 Å². The van der Waals surface area contributed by atoms with Gasteiger partial charge in [-0.1, -0.05) is 6.07 Å². The Morgan fingerprint density at radius 1 is 1.06 bits per heavy atom. The van der Waals surface area contributed by atoms with Crippen LogP contribution in [0.15, 0.2) is 18.2 Å². The Balaban J connectivity index is 2.70. The van der Waals surface area contributed by atoms with Gasteiger partial charge in [-0.3, -0.25) is 0 Å². The van der Waals surface area contributed by atoms with Crippen LogP contribution < -0.4 is 14.8 Å². The van der Waals surface area contributed by atoms with Crippen LogP contribution >= 0.6 is 0 Å². The Hall–Kier alpha value is -1.26. The molecule has 0 saturated heterocycles. The lowest BCUT2D eigenvalue weighted by molar-refractivity contribution is 0.115. The average molecular weight is 253 g/mol. The normalized spacial score (nSPS) is 14.1. The molecule has 0 aliphatic rings. The number of methoxy groups -OCH3 is 3. The first-order chi connectivity index (χ1) is 8.62. The van der Waals surface area contributed by atoms with Crippen LogP contribution in [0, 0.1) is 0 Å². The molecule has 0 aromatic heterocycles. The zero-order valence-electron chi connectivity index (χ0n) is 11.8. The van der Waals surface area contributed by atoms with E-state index in [0.29, 0.717) is 0 Å². The second-order valence-electron chi connectivity index (χ2n) is 4.29. The lowest BCUT2D eigenvalue weighted by Gasteiger charge is -2.18. The summed E-state index contributed by atoms with van der Waals surface area (Å²) in [5.41, 5.74) is 1.16. The predicted octanol–water partition coefficient (Wildman–Crippen LogP) is 2.39. The summed E-state index contributed by atoms with van der Waals surface area (Å²) in [5.74, 6) is 1.50. The molecule has 0 aliphatic heterocycles. The first kappa shape index (κ1) is 14.8. The van der Waals surface area contributed by atoms with Crippen LogP contribution in [0.3, 0.4) is 0 Å². The van der Waals surface area contributed by atoms with Crippen molar-refractivity contribution in [3.8, 4) is 11.5 Å². The third-order valence-corrected chi connectivity index (χ3v) is 3.02. The van der Waals surface area contributed by atoms with E-state index in [-0.39, 0.29) is 12.1 Å². The SMILES string of the molecule is COc1ccc(C(C)NCC(C)OC)cc1OC. The van der Waals surface area contributed by atoms with E-state index in [1.54, 1.807) is 21.3 Å². The van der Waals surface area contributed by atoms with Gasteiger partial charge >= 0.3 is 0 Å². The molecule has 0 heterocycles. The lowest BCUT2D eigenvalue weighted by Crippen LogP contribution is -2.28. The zero-order chi connectivity index (χ0) is 13.5. The van der Waals surface area contributed by atoms with Gasteiger partial charge in [0.25, 0.3) is 0 Å². The van der Waals surface area contributed by atoms with Gasteiger partial charge < -0.3 is 19.5 Å². The highest BCUT2D eigenvalue weighted by atomic mass is 16.5. The summed E-state index contributed by atoms with van der Waals surface area (Å²) in [6.07, 6.45) is 0.201. The Bertz CT molecular complexity index is 368. The van der Waals surface area contributed by atoms with Crippen LogP contribution in [0.2, 0.25) is 0 Å². The Morgan fingerprint density at radius 3 is 2.28 bits per heavy atom. The monoisotopic (exact) mass is 253 g/mol. The van der Waals surface area contributed by atoms with Crippen LogP contribution in [0.25, 0.3) is 0 Å². The molecule has 18 heavy (non-hydrogen) atoms.